The van der Waals surface area contributed by atoms with E-state index in [0.717, 1.165) is 12.8 Å². The smallest absolute Gasteiger partial charge is 0.316 e. The topological polar surface area (TPSA) is 43.4 Å². The number of ether oxygens (including phenoxy) is 1. The number of carbonyl (C=O) groups is 2. The molecule has 0 radical (unpaired) electrons. The summed E-state index contributed by atoms with van der Waals surface area (Å²) in [4.78, 5) is 21.7. The zero-order valence-corrected chi connectivity index (χ0v) is 10.4. The quantitative estimate of drug-likeness (QED) is 0.388. The first-order valence-electron chi connectivity index (χ1n) is 5.48. The first kappa shape index (κ1) is 14.1. The first-order valence-corrected chi connectivity index (χ1v) is 5.48. The number of rotatable bonds is 6. The Morgan fingerprint density at radius 1 is 1.40 bits per heavy atom. The van der Waals surface area contributed by atoms with Gasteiger partial charge in [0.25, 0.3) is 0 Å². The first-order chi connectivity index (χ1) is 6.84. The fraction of sp³-hybridized carbons (Fsp3) is 0.833. The lowest BCUT2D eigenvalue weighted by Crippen LogP contribution is -2.28. The van der Waals surface area contributed by atoms with E-state index in [1.807, 2.05) is 13.8 Å². The molecule has 0 aromatic heterocycles. The van der Waals surface area contributed by atoms with Gasteiger partial charge in [0, 0.05) is 0 Å². The fourth-order valence-corrected chi connectivity index (χ4v) is 1.47. The SMILES string of the molecule is CCC(C)(C)CC(C(=O)OC=O)C(C)C. The molecule has 0 aromatic carbocycles. The van der Waals surface area contributed by atoms with Gasteiger partial charge in [-0.3, -0.25) is 9.59 Å². The Hall–Kier alpha value is -0.860. The number of carbonyl (C=O) groups excluding carboxylic acids is 2. The zero-order chi connectivity index (χ0) is 12.1. The van der Waals surface area contributed by atoms with Crippen LogP contribution in [-0.2, 0) is 14.3 Å². The number of esters is 1. The maximum absolute atomic E-state index is 11.5. The van der Waals surface area contributed by atoms with Crippen molar-refractivity contribution in [1.29, 1.82) is 0 Å². The lowest BCUT2D eigenvalue weighted by atomic mass is 9.77. The maximum Gasteiger partial charge on any atom is 0.316 e. The predicted octanol–water partition coefficient (Wildman–Crippen LogP) is 2.78. The van der Waals surface area contributed by atoms with E-state index in [9.17, 15) is 9.59 Å². The van der Waals surface area contributed by atoms with E-state index in [1.54, 1.807) is 0 Å². The van der Waals surface area contributed by atoms with Gasteiger partial charge in [-0.1, -0.05) is 41.0 Å². The van der Waals surface area contributed by atoms with Crippen LogP contribution in [0.5, 0.6) is 0 Å². The molecule has 3 nitrogen and oxygen atoms in total. The largest absolute Gasteiger partial charge is 0.395 e. The van der Waals surface area contributed by atoms with Crippen LogP contribution in [-0.4, -0.2) is 12.4 Å². The lowest BCUT2D eigenvalue weighted by molar-refractivity contribution is -0.157. The van der Waals surface area contributed by atoms with E-state index in [1.165, 1.54) is 0 Å². The molecule has 15 heavy (non-hydrogen) atoms. The molecule has 0 fully saturated rings. The van der Waals surface area contributed by atoms with Crippen LogP contribution in [0.25, 0.3) is 0 Å². The Kier molecular flexibility index (Phi) is 5.55. The highest BCUT2D eigenvalue weighted by Gasteiger charge is 2.30. The lowest BCUT2D eigenvalue weighted by Gasteiger charge is -2.28. The standard InChI is InChI=1S/C12H22O3/c1-6-12(4,5)7-10(9(2)3)11(14)15-8-13/h8-10H,6-7H2,1-5H3. The molecule has 0 heterocycles. The van der Waals surface area contributed by atoms with Crippen LogP contribution in [0.1, 0.15) is 47.5 Å². The summed E-state index contributed by atoms with van der Waals surface area (Å²) in [6.45, 7) is 10.5. The molecule has 0 amide bonds. The maximum atomic E-state index is 11.5. The average molecular weight is 214 g/mol. The molecule has 0 saturated heterocycles. The predicted molar refractivity (Wildman–Crippen MR) is 59.2 cm³/mol. The number of hydrogen-bond acceptors (Lipinski definition) is 3. The molecular weight excluding hydrogens is 192 g/mol. The van der Waals surface area contributed by atoms with Gasteiger partial charge in [0.15, 0.2) is 0 Å². The summed E-state index contributed by atoms with van der Waals surface area (Å²) >= 11 is 0. The molecule has 3 heteroatoms. The minimum atomic E-state index is -0.401. The monoisotopic (exact) mass is 214 g/mol. The van der Waals surface area contributed by atoms with Crippen molar-refractivity contribution in [2.24, 2.45) is 17.3 Å². The van der Waals surface area contributed by atoms with E-state index in [0.29, 0.717) is 0 Å². The summed E-state index contributed by atoms with van der Waals surface area (Å²) < 4.78 is 4.44. The molecule has 0 saturated carbocycles. The van der Waals surface area contributed by atoms with Crippen molar-refractivity contribution in [2.75, 3.05) is 0 Å². The third kappa shape index (κ3) is 4.96. The molecule has 1 atom stereocenters. The van der Waals surface area contributed by atoms with Crippen molar-refractivity contribution in [3.8, 4) is 0 Å². The van der Waals surface area contributed by atoms with Gasteiger partial charge in [0.1, 0.15) is 0 Å². The van der Waals surface area contributed by atoms with E-state index < -0.39 is 5.97 Å². The normalized spacial score (nSPS) is 13.7. The third-order valence-corrected chi connectivity index (χ3v) is 3.00. The summed E-state index contributed by atoms with van der Waals surface area (Å²) in [7, 11) is 0. The highest BCUT2D eigenvalue weighted by atomic mass is 16.6. The molecule has 0 aliphatic carbocycles. The summed E-state index contributed by atoms with van der Waals surface area (Å²) in [6, 6.07) is 0. The van der Waals surface area contributed by atoms with Crippen molar-refractivity contribution < 1.29 is 14.3 Å². The molecule has 0 N–H and O–H groups in total. The molecule has 88 valence electrons. The molecular formula is C12H22O3. The highest BCUT2D eigenvalue weighted by Crippen LogP contribution is 2.32. The zero-order valence-electron chi connectivity index (χ0n) is 10.4. The van der Waals surface area contributed by atoms with Crippen LogP contribution in [0.3, 0.4) is 0 Å². The Morgan fingerprint density at radius 2 is 1.93 bits per heavy atom. The van der Waals surface area contributed by atoms with Crippen molar-refractivity contribution >= 4 is 12.4 Å². The van der Waals surface area contributed by atoms with Crippen LogP contribution in [0, 0.1) is 17.3 Å². The van der Waals surface area contributed by atoms with Crippen LogP contribution in [0.15, 0.2) is 0 Å². The van der Waals surface area contributed by atoms with E-state index in [4.69, 9.17) is 0 Å². The Balaban J connectivity index is 4.54. The Labute approximate surface area is 92.2 Å². The van der Waals surface area contributed by atoms with Crippen molar-refractivity contribution in [3.63, 3.8) is 0 Å². The second-order valence-corrected chi connectivity index (χ2v) is 5.11. The van der Waals surface area contributed by atoms with Gasteiger partial charge in [-0.2, -0.15) is 0 Å². The molecule has 0 bridgehead atoms. The summed E-state index contributed by atoms with van der Waals surface area (Å²) in [5.74, 6) is -0.394. The van der Waals surface area contributed by atoms with Gasteiger partial charge in [0.2, 0.25) is 0 Å². The van der Waals surface area contributed by atoms with Crippen molar-refractivity contribution in [1.82, 2.24) is 0 Å². The molecule has 1 unspecified atom stereocenters. The second-order valence-electron chi connectivity index (χ2n) is 5.11. The molecule has 0 aromatic rings. The summed E-state index contributed by atoms with van der Waals surface area (Å²) in [6.07, 6.45) is 1.76. The van der Waals surface area contributed by atoms with Gasteiger partial charge in [0.05, 0.1) is 5.92 Å². The molecule has 0 rings (SSSR count). The highest BCUT2D eigenvalue weighted by molar-refractivity contribution is 5.78. The molecule has 0 aliphatic heterocycles. The molecule has 0 aliphatic rings. The second kappa shape index (κ2) is 5.89. The van der Waals surface area contributed by atoms with Gasteiger partial charge in [-0.15, -0.1) is 0 Å². The van der Waals surface area contributed by atoms with Crippen molar-refractivity contribution in [3.05, 3.63) is 0 Å². The van der Waals surface area contributed by atoms with E-state index in [2.05, 4.69) is 25.5 Å². The van der Waals surface area contributed by atoms with Crippen LogP contribution < -0.4 is 0 Å². The van der Waals surface area contributed by atoms with Crippen molar-refractivity contribution in [2.45, 2.75) is 47.5 Å². The summed E-state index contributed by atoms with van der Waals surface area (Å²) in [5, 5.41) is 0. The fourth-order valence-electron chi connectivity index (χ4n) is 1.47. The molecule has 0 spiro atoms. The summed E-state index contributed by atoms with van der Waals surface area (Å²) in [5.41, 5.74) is 0.108. The van der Waals surface area contributed by atoms with Gasteiger partial charge < -0.3 is 4.74 Å². The van der Waals surface area contributed by atoms with Gasteiger partial charge >= 0.3 is 12.4 Å². The Morgan fingerprint density at radius 3 is 2.27 bits per heavy atom. The van der Waals surface area contributed by atoms with Crippen LogP contribution >= 0.6 is 0 Å². The van der Waals surface area contributed by atoms with Gasteiger partial charge in [-0.05, 0) is 17.8 Å². The Bertz CT molecular complexity index is 219. The minimum absolute atomic E-state index is 0.108. The van der Waals surface area contributed by atoms with Gasteiger partial charge in [-0.25, -0.2) is 0 Å². The third-order valence-electron chi connectivity index (χ3n) is 3.00. The van der Waals surface area contributed by atoms with E-state index in [-0.39, 0.29) is 23.7 Å². The number of hydrogen-bond donors (Lipinski definition) is 0. The average Bonchev–Trinajstić information content (AvgIpc) is 2.14. The van der Waals surface area contributed by atoms with Crippen LogP contribution in [0.4, 0.5) is 0 Å². The van der Waals surface area contributed by atoms with E-state index >= 15 is 0 Å². The minimum Gasteiger partial charge on any atom is -0.395 e. The van der Waals surface area contributed by atoms with Crippen LogP contribution in [0.2, 0.25) is 0 Å².